The fourth-order valence-corrected chi connectivity index (χ4v) is 2.17. The van der Waals surface area contributed by atoms with Crippen LogP contribution in [0.15, 0.2) is 30.7 Å². The lowest BCUT2D eigenvalue weighted by molar-refractivity contribution is 0.897. The molecule has 1 aromatic carbocycles. The van der Waals surface area contributed by atoms with Crippen molar-refractivity contribution in [1.29, 1.82) is 0 Å². The Morgan fingerprint density at radius 2 is 2.00 bits per heavy atom. The monoisotopic (exact) mass is 279 g/mol. The summed E-state index contributed by atoms with van der Waals surface area (Å²) in [5.41, 5.74) is 7.59. The Labute approximate surface area is 112 Å². The van der Waals surface area contributed by atoms with E-state index in [-0.39, 0.29) is 0 Å². The van der Waals surface area contributed by atoms with Crippen molar-refractivity contribution >= 4 is 39.9 Å². The SMILES string of the molecule is Nc1cccc(Cl)c1-n1ncc2c(Cl)ncnc21. The molecule has 0 aliphatic rings. The quantitative estimate of drug-likeness (QED) is 0.549. The summed E-state index contributed by atoms with van der Waals surface area (Å²) in [5, 5.41) is 5.70. The van der Waals surface area contributed by atoms with Crippen LogP contribution in [0.2, 0.25) is 10.2 Å². The van der Waals surface area contributed by atoms with Crippen LogP contribution in [0.3, 0.4) is 0 Å². The number of hydrogen-bond acceptors (Lipinski definition) is 4. The number of anilines is 1. The molecule has 0 atom stereocenters. The molecule has 90 valence electrons. The van der Waals surface area contributed by atoms with E-state index < -0.39 is 0 Å². The van der Waals surface area contributed by atoms with Gasteiger partial charge in [0, 0.05) is 0 Å². The number of rotatable bonds is 1. The summed E-state index contributed by atoms with van der Waals surface area (Å²) in [6.07, 6.45) is 2.95. The zero-order valence-electron chi connectivity index (χ0n) is 9.01. The van der Waals surface area contributed by atoms with Crippen LogP contribution in [-0.2, 0) is 0 Å². The molecule has 0 unspecified atom stereocenters. The summed E-state index contributed by atoms with van der Waals surface area (Å²) in [6.45, 7) is 0. The molecule has 0 amide bonds. The van der Waals surface area contributed by atoms with Crippen LogP contribution in [0.4, 0.5) is 5.69 Å². The molecule has 3 rings (SSSR count). The summed E-state index contributed by atoms with van der Waals surface area (Å²) >= 11 is 12.1. The highest BCUT2D eigenvalue weighted by Gasteiger charge is 2.14. The maximum absolute atomic E-state index is 6.14. The Hall–Kier alpha value is -1.85. The second-order valence-electron chi connectivity index (χ2n) is 3.64. The fraction of sp³-hybridized carbons (Fsp3) is 0. The van der Waals surface area contributed by atoms with E-state index in [0.717, 1.165) is 0 Å². The van der Waals surface area contributed by atoms with E-state index in [4.69, 9.17) is 28.9 Å². The smallest absolute Gasteiger partial charge is 0.167 e. The first-order valence-corrected chi connectivity index (χ1v) is 5.82. The van der Waals surface area contributed by atoms with Crippen molar-refractivity contribution in [1.82, 2.24) is 19.7 Å². The Balaban J connectivity index is 2.36. The molecule has 2 heterocycles. The van der Waals surface area contributed by atoms with E-state index in [1.807, 2.05) is 0 Å². The average molecular weight is 280 g/mol. The normalized spacial score (nSPS) is 11.0. The lowest BCUT2D eigenvalue weighted by Crippen LogP contribution is -2.03. The van der Waals surface area contributed by atoms with Crippen LogP contribution in [-0.4, -0.2) is 19.7 Å². The number of halogens is 2. The first-order valence-electron chi connectivity index (χ1n) is 5.07. The molecular weight excluding hydrogens is 273 g/mol. The number of hydrogen-bond donors (Lipinski definition) is 1. The van der Waals surface area contributed by atoms with Crippen molar-refractivity contribution in [2.75, 3.05) is 5.73 Å². The van der Waals surface area contributed by atoms with Gasteiger partial charge in [-0.15, -0.1) is 0 Å². The van der Waals surface area contributed by atoms with Gasteiger partial charge in [0.05, 0.1) is 22.3 Å². The second-order valence-corrected chi connectivity index (χ2v) is 4.40. The number of nitrogen functional groups attached to an aromatic ring is 1. The molecule has 0 spiro atoms. The molecule has 18 heavy (non-hydrogen) atoms. The number of para-hydroxylation sites is 1. The average Bonchev–Trinajstić information content (AvgIpc) is 2.75. The van der Waals surface area contributed by atoms with E-state index in [2.05, 4.69) is 15.1 Å². The van der Waals surface area contributed by atoms with Crippen molar-refractivity contribution in [3.8, 4) is 5.69 Å². The maximum atomic E-state index is 6.14. The van der Waals surface area contributed by atoms with Gasteiger partial charge in [0.2, 0.25) is 0 Å². The second kappa shape index (κ2) is 4.12. The summed E-state index contributed by atoms with van der Waals surface area (Å²) in [4.78, 5) is 8.05. The Morgan fingerprint density at radius 1 is 1.17 bits per heavy atom. The largest absolute Gasteiger partial charge is 0.397 e. The lowest BCUT2D eigenvalue weighted by atomic mass is 10.2. The Kier molecular flexibility index (Phi) is 2.57. The molecule has 3 aromatic rings. The van der Waals surface area contributed by atoms with Gasteiger partial charge < -0.3 is 5.73 Å². The highest BCUT2D eigenvalue weighted by atomic mass is 35.5. The molecule has 0 bridgehead atoms. The molecule has 0 aliphatic heterocycles. The fourth-order valence-electron chi connectivity index (χ4n) is 1.73. The first kappa shape index (κ1) is 11.3. The van der Waals surface area contributed by atoms with E-state index in [1.54, 1.807) is 29.1 Å². The van der Waals surface area contributed by atoms with Crippen LogP contribution in [0.5, 0.6) is 0 Å². The zero-order valence-corrected chi connectivity index (χ0v) is 10.5. The van der Waals surface area contributed by atoms with Crippen molar-refractivity contribution < 1.29 is 0 Å². The van der Waals surface area contributed by atoms with Gasteiger partial charge in [-0.1, -0.05) is 29.3 Å². The minimum atomic E-state index is 0.344. The third-order valence-corrected chi connectivity index (χ3v) is 3.15. The number of nitrogens with zero attached hydrogens (tertiary/aromatic N) is 4. The minimum absolute atomic E-state index is 0.344. The third kappa shape index (κ3) is 1.60. The van der Waals surface area contributed by atoms with Crippen molar-refractivity contribution in [2.24, 2.45) is 0 Å². The van der Waals surface area contributed by atoms with Crippen molar-refractivity contribution in [2.45, 2.75) is 0 Å². The summed E-state index contributed by atoms with van der Waals surface area (Å²) < 4.78 is 1.56. The maximum Gasteiger partial charge on any atom is 0.167 e. The standard InChI is InChI=1S/C11H7Cl2N5/c12-7-2-1-3-8(14)9(7)18-11-6(4-17-18)10(13)15-5-16-11/h1-5H,14H2. The zero-order chi connectivity index (χ0) is 12.7. The van der Waals surface area contributed by atoms with Crippen LogP contribution in [0, 0.1) is 0 Å². The molecule has 0 radical (unpaired) electrons. The minimum Gasteiger partial charge on any atom is -0.397 e. The summed E-state index contributed by atoms with van der Waals surface area (Å²) in [7, 11) is 0. The van der Waals surface area contributed by atoms with Gasteiger partial charge >= 0.3 is 0 Å². The molecule has 0 aliphatic carbocycles. The van der Waals surface area contributed by atoms with Crippen LogP contribution >= 0.6 is 23.2 Å². The topological polar surface area (TPSA) is 69.6 Å². The highest BCUT2D eigenvalue weighted by Crippen LogP contribution is 2.29. The number of benzene rings is 1. The molecule has 2 N–H and O–H groups in total. The van der Waals surface area contributed by atoms with E-state index in [0.29, 0.717) is 32.6 Å². The van der Waals surface area contributed by atoms with Crippen LogP contribution in [0.1, 0.15) is 0 Å². The van der Waals surface area contributed by atoms with Gasteiger partial charge in [-0.3, -0.25) is 0 Å². The molecule has 0 saturated carbocycles. The van der Waals surface area contributed by atoms with E-state index in [9.17, 15) is 0 Å². The molecule has 0 fully saturated rings. The molecule has 0 saturated heterocycles. The van der Waals surface area contributed by atoms with Crippen LogP contribution < -0.4 is 5.73 Å². The van der Waals surface area contributed by atoms with Gasteiger partial charge in [-0.25, -0.2) is 14.6 Å². The lowest BCUT2D eigenvalue weighted by Gasteiger charge is -2.08. The number of aromatic nitrogens is 4. The van der Waals surface area contributed by atoms with Gasteiger partial charge in [0.15, 0.2) is 5.65 Å². The summed E-state index contributed by atoms with van der Waals surface area (Å²) in [6, 6.07) is 5.26. The van der Waals surface area contributed by atoms with Crippen molar-refractivity contribution in [3.05, 3.63) is 40.9 Å². The first-order chi connectivity index (χ1) is 8.68. The predicted molar refractivity (Wildman–Crippen MR) is 71.1 cm³/mol. The Morgan fingerprint density at radius 3 is 2.78 bits per heavy atom. The van der Waals surface area contributed by atoms with Gasteiger partial charge in [0.25, 0.3) is 0 Å². The molecule has 7 heteroatoms. The van der Waals surface area contributed by atoms with Gasteiger partial charge in [0.1, 0.15) is 17.2 Å². The number of fused-ring (bicyclic) bond motifs is 1. The van der Waals surface area contributed by atoms with E-state index >= 15 is 0 Å². The predicted octanol–water partition coefficient (Wildman–Crippen LogP) is 2.70. The van der Waals surface area contributed by atoms with Gasteiger partial charge in [-0.05, 0) is 12.1 Å². The van der Waals surface area contributed by atoms with Gasteiger partial charge in [-0.2, -0.15) is 5.10 Å². The third-order valence-electron chi connectivity index (χ3n) is 2.55. The highest BCUT2D eigenvalue weighted by molar-refractivity contribution is 6.34. The molecular formula is C11H7Cl2N5. The van der Waals surface area contributed by atoms with E-state index in [1.165, 1.54) is 6.33 Å². The molecule has 2 aromatic heterocycles. The molecule has 5 nitrogen and oxygen atoms in total. The number of nitrogens with two attached hydrogens (primary N) is 1. The van der Waals surface area contributed by atoms with Crippen LogP contribution in [0.25, 0.3) is 16.7 Å². The summed E-state index contributed by atoms with van der Waals surface area (Å²) in [5.74, 6) is 0. The Bertz CT molecular complexity index is 717. The van der Waals surface area contributed by atoms with Crippen molar-refractivity contribution in [3.63, 3.8) is 0 Å².